The Bertz CT molecular complexity index is 1140. The number of benzene rings is 2. The van der Waals surface area contributed by atoms with Crippen molar-refractivity contribution in [3.8, 4) is 0 Å². The minimum atomic E-state index is -0.388. The maximum absolute atomic E-state index is 12.6. The number of anilines is 1. The van der Waals surface area contributed by atoms with Gasteiger partial charge in [0, 0.05) is 62.3 Å². The Morgan fingerprint density at radius 3 is 2.58 bits per heavy atom. The maximum Gasteiger partial charge on any atom is 0.324 e. The molecule has 0 spiro atoms. The Balaban J connectivity index is 1.45. The van der Waals surface area contributed by atoms with Crippen molar-refractivity contribution in [1.82, 2.24) is 20.5 Å². The Morgan fingerprint density at radius 1 is 1.12 bits per heavy atom. The van der Waals surface area contributed by atoms with E-state index in [9.17, 15) is 14.4 Å². The van der Waals surface area contributed by atoms with Crippen molar-refractivity contribution >= 4 is 34.4 Å². The molecule has 4 rings (SSSR count). The number of hydrogen-bond donors (Lipinski definition) is 3. The molecular formula is C25H29N5O3. The largest absolute Gasteiger partial charge is 0.378 e. The number of nitrogens with zero attached hydrogens (tertiary/aromatic N) is 2. The molecule has 1 unspecified atom stereocenters. The first-order valence-electron chi connectivity index (χ1n) is 11.1. The Kier molecular flexibility index (Phi) is 6.63. The standard InChI is InChI=1S/C25H29N5O3/c1-29(2)18-11-9-17(10-12-18)20(21-15-26-22-7-4-3-6-19(21)22)14-27-23(31)8-5-13-30-24(32)16-28-25(30)33/h3-4,6-7,9-12,15,20,26H,5,8,13-14,16H2,1-2H3,(H,27,31)(H,28,33). The predicted octanol–water partition coefficient (Wildman–Crippen LogP) is 2.81. The highest BCUT2D eigenvalue weighted by atomic mass is 16.2. The van der Waals surface area contributed by atoms with Gasteiger partial charge in [-0.05, 0) is 35.7 Å². The van der Waals surface area contributed by atoms with Gasteiger partial charge in [-0.3, -0.25) is 14.5 Å². The molecular weight excluding hydrogens is 418 g/mol. The number of aromatic amines is 1. The predicted molar refractivity (Wildman–Crippen MR) is 128 cm³/mol. The Hall–Kier alpha value is -3.81. The molecule has 1 fully saturated rings. The lowest BCUT2D eigenvalue weighted by Crippen LogP contribution is -2.33. The molecule has 0 aliphatic carbocycles. The first kappa shape index (κ1) is 22.4. The van der Waals surface area contributed by atoms with Crippen LogP contribution in [0.15, 0.2) is 54.7 Å². The number of carbonyl (C=O) groups is 3. The highest BCUT2D eigenvalue weighted by Gasteiger charge is 2.27. The van der Waals surface area contributed by atoms with E-state index in [2.05, 4.69) is 50.8 Å². The van der Waals surface area contributed by atoms with Crippen molar-refractivity contribution in [2.24, 2.45) is 0 Å². The zero-order valence-electron chi connectivity index (χ0n) is 18.9. The maximum atomic E-state index is 12.6. The molecule has 1 aliphatic heterocycles. The second kappa shape index (κ2) is 9.77. The SMILES string of the molecule is CN(C)c1ccc(C(CNC(=O)CCCN2C(=O)CNC2=O)c2c[nH]c3ccccc23)cc1. The lowest BCUT2D eigenvalue weighted by molar-refractivity contribution is -0.126. The van der Waals surface area contributed by atoms with Gasteiger partial charge < -0.3 is 20.5 Å². The topological polar surface area (TPSA) is 97.5 Å². The molecule has 1 atom stereocenters. The molecule has 3 aromatic rings. The normalized spacial score (nSPS) is 14.4. The molecule has 8 nitrogen and oxygen atoms in total. The van der Waals surface area contributed by atoms with E-state index in [1.54, 1.807) is 0 Å². The van der Waals surface area contributed by atoms with E-state index in [0.29, 0.717) is 13.0 Å². The zero-order valence-corrected chi connectivity index (χ0v) is 18.9. The number of H-pyrrole nitrogens is 1. The fraction of sp³-hybridized carbons (Fsp3) is 0.320. The molecule has 2 aromatic carbocycles. The third-order valence-electron chi connectivity index (χ3n) is 6.03. The Labute approximate surface area is 192 Å². The molecule has 2 heterocycles. The molecule has 0 bridgehead atoms. The first-order valence-corrected chi connectivity index (χ1v) is 11.1. The molecule has 1 saturated heterocycles. The van der Waals surface area contributed by atoms with Crippen LogP contribution in [0.25, 0.3) is 10.9 Å². The molecule has 0 radical (unpaired) electrons. The summed E-state index contributed by atoms with van der Waals surface area (Å²) < 4.78 is 0. The van der Waals surface area contributed by atoms with E-state index in [-0.39, 0.29) is 43.3 Å². The van der Waals surface area contributed by atoms with Crippen LogP contribution in [0.3, 0.4) is 0 Å². The van der Waals surface area contributed by atoms with Crippen LogP contribution in [0.2, 0.25) is 0 Å². The van der Waals surface area contributed by atoms with Crippen molar-refractivity contribution in [3.63, 3.8) is 0 Å². The number of fused-ring (bicyclic) bond motifs is 1. The lowest BCUT2D eigenvalue weighted by Gasteiger charge is -2.20. The summed E-state index contributed by atoms with van der Waals surface area (Å²) in [6.45, 7) is 0.727. The van der Waals surface area contributed by atoms with Gasteiger partial charge in [-0.1, -0.05) is 30.3 Å². The second-order valence-corrected chi connectivity index (χ2v) is 8.44. The molecule has 172 valence electrons. The number of amides is 4. The van der Waals surface area contributed by atoms with Crippen LogP contribution in [-0.4, -0.2) is 61.5 Å². The molecule has 0 saturated carbocycles. The van der Waals surface area contributed by atoms with Crippen molar-refractivity contribution in [2.75, 3.05) is 38.6 Å². The third-order valence-corrected chi connectivity index (χ3v) is 6.03. The highest BCUT2D eigenvalue weighted by molar-refractivity contribution is 6.01. The van der Waals surface area contributed by atoms with Crippen molar-refractivity contribution in [2.45, 2.75) is 18.8 Å². The van der Waals surface area contributed by atoms with Crippen LogP contribution < -0.4 is 15.5 Å². The molecule has 8 heteroatoms. The number of aromatic nitrogens is 1. The van der Waals surface area contributed by atoms with Crippen LogP contribution in [-0.2, 0) is 9.59 Å². The molecule has 4 amide bonds. The summed E-state index contributed by atoms with van der Waals surface area (Å²) in [7, 11) is 4.01. The number of nitrogens with one attached hydrogen (secondary N) is 3. The van der Waals surface area contributed by atoms with Crippen LogP contribution in [0.1, 0.15) is 29.9 Å². The fourth-order valence-corrected chi connectivity index (χ4v) is 4.18. The summed E-state index contributed by atoms with van der Waals surface area (Å²) >= 11 is 0. The number of urea groups is 1. The van der Waals surface area contributed by atoms with Crippen LogP contribution >= 0.6 is 0 Å². The van der Waals surface area contributed by atoms with Crippen molar-refractivity contribution in [3.05, 3.63) is 65.9 Å². The van der Waals surface area contributed by atoms with Crippen LogP contribution in [0, 0.1) is 0 Å². The summed E-state index contributed by atoms with van der Waals surface area (Å²) in [5.41, 5.74) is 4.41. The quantitative estimate of drug-likeness (QED) is 0.440. The minimum absolute atomic E-state index is 0.0211. The van der Waals surface area contributed by atoms with Crippen LogP contribution in [0.4, 0.5) is 10.5 Å². The van der Waals surface area contributed by atoms with Crippen molar-refractivity contribution < 1.29 is 14.4 Å². The summed E-state index contributed by atoms with van der Waals surface area (Å²) in [5.74, 6) is -0.370. The van der Waals surface area contributed by atoms with E-state index in [4.69, 9.17) is 0 Å². The smallest absolute Gasteiger partial charge is 0.324 e. The first-order chi connectivity index (χ1) is 15.9. The van der Waals surface area contributed by atoms with Gasteiger partial charge in [0.1, 0.15) is 0 Å². The van der Waals surface area contributed by atoms with E-state index in [1.807, 2.05) is 38.5 Å². The van der Waals surface area contributed by atoms with Gasteiger partial charge >= 0.3 is 6.03 Å². The van der Waals surface area contributed by atoms with E-state index in [0.717, 1.165) is 32.6 Å². The van der Waals surface area contributed by atoms with Gasteiger partial charge in [-0.2, -0.15) is 0 Å². The average molecular weight is 448 g/mol. The van der Waals surface area contributed by atoms with E-state index in [1.165, 1.54) is 0 Å². The van der Waals surface area contributed by atoms with Crippen molar-refractivity contribution in [1.29, 1.82) is 0 Å². The van der Waals surface area contributed by atoms with E-state index >= 15 is 0 Å². The van der Waals surface area contributed by atoms with Gasteiger partial charge in [-0.25, -0.2) is 4.79 Å². The number of imide groups is 1. The summed E-state index contributed by atoms with van der Waals surface area (Å²) in [4.78, 5) is 42.4. The number of hydrogen-bond acceptors (Lipinski definition) is 4. The summed E-state index contributed by atoms with van der Waals surface area (Å²) in [6, 6.07) is 16.1. The molecule has 3 N–H and O–H groups in total. The van der Waals surface area contributed by atoms with Gasteiger partial charge in [-0.15, -0.1) is 0 Å². The minimum Gasteiger partial charge on any atom is -0.378 e. The molecule has 33 heavy (non-hydrogen) atoms. The third kappa shape index (κ3) is 5.00. The van der Waals surface area contributed by atoms with Gasteiger partial charge in [0.25, 0.3) is 0 Å². The lowest BCUT2D eigenvalue weighted by atomic mass is 9.90. The monoisotopic (exact) mass is 447 g/mol. The van der Waals surface area contributed by atoms with Gasteiger partial charge in [0.15, 0.2) is 0 Å². The average Bonchev–Trinajstić information content (AvgIpc) is 3.38. The number of para-hydroxylation sites is 1. The number of carbonyl (C=O) groups excluding carboxylic acids is 3. The summed E-state index contributed by atoms with van der Waals surface area (Å²) in [6.07, 6.45) is 2.69. The zero-order chi connectivity index (χ0) is 23.4. The molecule has 1 aliphatic rings. The van der Waals surface area contributed by atoms with Crippen LogP contribution in [0.5, 0.6) is 0 Å². The fourth-order valence-electron chi connectivity index (χ4n) is 4.18. The van der Waals surface area contributed by atoms with Gasteiger partial charge in [0.2, 0.25) is 11.8 Å². The molecule has 1 aromatic heterocycles. The number of rotatable bonds is 9. The summed E-state index contributed by atoms with van der Waals surface area (Å²) in [5, 5.41) is 6.67. The van der Waals surface area contributed by atoms with Gasteiger partial charge in [0.05, 0.1) is 6.54 Å². The van der Waals surface area contributed by atoms with E-state index < -0.39 is 0 Å². The second-order valence-electron chi connectivity index (χ2n) is 8.44. The highest BCUT2D eigenvalue weighted by Crippen LogP contribution is 2.31. The Morgan fingerprint density at radius 2 is 1.88 bits per heavy atom.